The van der Waals surface area contributed by atoms with Crippen LogP contribution in [0.3, 0.4) is 0 Å². The summed E-state index contributed by atoms with van der Waals surface area (Å²) in [6.45, 7) is 7.31. The third kappa shape index (κ3) is 4.38. The van der Waals surface area contributed by atoms with Crippen LogP contribution in [0.1, 0.15) is 29.9 Å². The standard InChI is InChI=1S/C27H27N7O/c1-4-34(5-2)27(35)25-17(3)22-14-19(8-11-23(22)32-25)26-28-13-12-24(33-26)31-21-9-6-18(7-10-21)20-15-29-30-16-20/h6-16,32H,4-5H2,1-3H3,(H,29,30)(H,28,31,33). The van der Waals surface area contributed by atoms with Gasteiger partial charge in [0, 0.05) is 53.2 Å². The first-order valence-corrected chi connectivity index (χ1v) is 11.7. The first-order valence-electron chi connectivity index (χ1n) is 11.7. The third-order valence-electron chi connectivity index (χ3n) is 6.23. The zero-order chi connectivity index (χ0) is 24.4. The minimum atomic E-state index is 0.0199. The Morgan fingerprint density at radius 3 is 2.49 bits per heavy atom. The number of H-pyrrole nitrogens is 2. The van der Waals surface area contributed by atoms with E-state index in [1.54, 1.807) is 12.4 Å². The average Bonchev–Trinajstić information content (AvgIpc) is 3.54. The van der Waals surface area contributed by atoms with Crippen LogP contribution < -0.4 is 5.32 Å². The van der Waals surface area contributed by atoms with Crippen molar-refractivity contribution in [3.8, 4) is 22.5 Å². The highest BCUT2D eigenvalue weighted by molar-refractivity contribution is 6.01. The average molecular weight is 466 g/mol. The summed E-state index contributed by atoms with van der Waals surface area (Å²) in [6.07, 6.45) is 5.41. The SMILES string of the molecule is CCN(CC)C(=O)c1[nH]c2ccc(-c3nccc(Nc4ccc(-c5cn[nH]c5)cc4)n3)cc2c1C. The van der Waals surface area contributed by atoms with Gasteiger partial charge in [0.1, 0.15) is 11.5 Å². The van der Waals surface area contributed by atoms with E-state index >= 15 is 0 Å². The van der Waals surface area contributed by atoms with E-state index < -0.39 is 0 Å². The van der Waals surface area contributed by atoms with Crippen LogP contribution >= 0.6 is 0 Å². The number of aromatic nitrogens is 5. The second kappa shape index (κ2) is 9.42. The van der Waals surface area contributed by atoms with E-state index in [1.807, 2.05) is 80.4 Å². The van der Waals surface area contributed by atoms with E-state index in [-0.39, 0.29) is 5.91 Å². The summed E-state index contributed by atoms with van der Waals surface area (Å²) < 4.78 is 0. The summed E-state index contributed by atoms with van der Waals surface area (Å²) in [7, 11) is 0. The quantitative estimate of drug-likeness (QED) is 0.292. The van der Waals surface area contributed by atoms with E-state index in [0.717, 1.165) is 38.8 Å². The molecule has 0 bridgehead atoms. The maximum atomic E-state index is 12.9. The van der Waals surface area contributed by atoms with Gasteiger partial charge in [0.15, 0.2) is 5.82 Å². The van der Waals surface area contributed by atoms with Gasteiger partial charge >= 0.3 is 0 Å². The summed E-state index contributed by atoms with van der Waals surface area (Å²) in [5.41, 5.74) is 6.44. The number of aryl methyl sites for hydroxylation is 1. The number of nitrogens with one attached hydrogen (secondary N) is 3. The summed E-state index contributed by atoms with van der Waals surface area (Å²) >= 11 is 0. The first kappa shape index (κ1) is 22.3. The second-order valence-corrected chi connectivity index (χ2v) is 8.32. The highest BCUT2D eigenvalue weighted by Crippen LogP contribution is 2.28. The summed E-state index contributed by atoms with van der Waals surface area (Å²) in [6, 6.07) is 15.9. The number of hydrogen-bond acceptors (Lipinski definition) is 5. The van der Waals surface area contributed by atoms with E-state index in [1.165, 1.54) is 0 Å². The predicted octanol–water partition coefficient (Wildman–Crippen LogP) is 5.55. The van der Waals surface area contributed by atoms with Crippen molar-refractivity contribution < 1.29 is 4.79 Å². The van der Waals surface area contributed by atoms with Gasteiger partial charge in [-0.2, -0.15) is 5.10 Å². The summed E-state index contributed by atoms with van der Waals surface area (Å²) in [4.78, 5) is 27.2. The van der Waals surface area contributed by atoms with Crippen molar-refractivity contribution >= 4 is 28.3 Å². The molecule has 0 saturated carbocycles. The maximum absolute atomic E-state index is 12.9. The lowest BCUT2D eigenvalue weighted by molar-refractivity contribution is 0.0767. The van der Waals surface area contributed by atoms with Crippen LogP contribution in [0.2, 0.25) is 0 Å². The van der Waals surface area contributed by atoms with Gasteiger partial charge in [-0.15, -0.1) is 0 Å². The molecule has 0 spiro atoms. The molecule has 8 heteroatoms. The van der Waals surface area contributed by atoms with Crippen molar-refractivity contribution in [2.24, 2.45) is 0 Å². The minimum absolute atomic E-state index is 0.0199. The van der Waals surface area contributed by atoms with Crippen LogP contribution in [0.4, 0.5) is 11.5 Å². The van der Waals surface area contributed by atoms with Crippen molar-refractivity contribution in [2.45, 2.75) is 20.8 Å². The molecule has 1 amide bonds. The van der Waals surface area contributed by atoms with Crippen LogP contribution in [-0.4, -0.2) is 49.0 Å². The van der Waals surface area contributed by atoms with E-state index in [4.69, 9.17) is 4.98 Å². The molecule has 35 heavy (non-hydrogen) atoms. The van der Waals surface area contributed by atoms with E-state index in [2.05, 4.69) is 25.5 Å². The monoisotopic (exact) mass is 465 g/mol. The van der Waals surface area contributed by atoms with E-state index in [9.17, 15) is 4.79 Å². The lowest BCUT2D eigenvalue weighted by Gasteiger charge is -2.18. The molecule has 176 valence electrons. The summed E-state index contributed by atoms with van der Waals surface area (Å²) in [5.74, 6) is 1.34. The van der Waals surface area contributed by atoms with Gasteiger partial charge in [-0.3, -0.25) is 9.89 Å². The maximum Gasteiger partial charge on any atom is 0.270 e. The van der Waals surface area contributed by atoms with Crippen molar-refractivity contribution in [2.75, 3.05) is 18.4 Å². The normalized spacial score (nSPS) is 11.1. The Labute approximate surface area is 203 Å². The van der Waals surface area contributed by atoms with Crippen LogP contribution in [0.5, 0.6) is 0 Å². The molecule has 8 nitrogen and oxygen atoms in total. The molecule has 5 rings (SSSR count). The number of nitrogens with zero attached hydrogens (tertiary/aromatic N) is 4. The third-order valence-corrected chi connectivity index (χ3v) is 6.23. The Bertz CT molecular complexity index is 1470. The highest BCUT2D eigenvalue weighted by atomic mass is 16.2. The first-order chi connectivity index (χ1) is 17.1. The zero-order valence-corrected chi connectivity index (χ0v) is 20.0. The number of aromatic amines is 2. The molecular formula is C27H27N7O. The highest BCUT2D eigenvalue weighted by Gasteiger charge is 2.19. The molecule has 0 atom stereocenters. The number of carbonyl (C=O) groups excluding carboxylic acids is 1. The zero-order valence-electron chi connectivity index (χ0n) is 20.0. The number of anilines is 2. The van der Waals surface area contributed by atoms with Gasteiger partial charge in [-0.05, 0) is 68.3 Å². The van der Waals surface area contributed by atoms with Gasteiger partial charge in [0.2, 0.25) is 0 Å². The molecule has 0 aliphatic heterocycles. The fraction of sp³-hybridized carbons (Fsp3) is 0.185. The number of carbonyl (C=O) groups is 1. The number of rotatable bonds is 7. The fourth-order valence-electron chi connectivity index (χ4n) is 4.22. The smallest absolute Gasteiger partial charge is 0.270 e. The number of hydrogen-bond donors (Lipinski definition) is 3. The van der Waals surface area contributed by atoms with Gasteiger partial charge < -0.3 is 15.2 Å². The lowest BCUT2D eigenvalue weighted by atomic mass is 10.1. The molecule has 0 saturated heterocycles. The largest absolute Gasteiger partial charge is 0.350 e. The summed E-state index contributed by atoms with van der Waals surface area (Å²) in [5, 5.41) is 11.2. The molecule has 0 aliphatic carbocycles. The van der Waals surface area contributed by atoms with Gasteiger partial charge in [-0.1, -0.05) is 12.1 Å². The molecule has 3 heterocycles. The van der Waals surface area contributed by atoms with Crippen LogP contribution in [0.25, 0.3) is 33.4 Å². The second-order valence-electron chi connectivity index (χ2n) is 8.32. The molecule has 0 radical (unpaired) electrons. The lowest BCUT2D eigenvalue weighted by Crippen LogP contribution is -2.31. The van der Waals surface area contributed by atoms with Gasteiger partial charge in [0.25, 0.3) is 5.91 Å². The van der Waals surface area contributed by atoms with Crippen molar-refractivity contribution in [1.29, 1.82) is 0 Å². The van der Waals surface area contributed by atoms with Crippen molar-refractivity contribution in [3.63, 3.8) is 0 Å². The predicted molar refractivity (Wildman–Crippen MR) is 139 cm³/mol. The molecule has 3 aromatic heterocycles. The molecular weight excluding hydrogens is 438 g/mol. The molecule has 2 aromatic carbocycles. The molecule has 0 unspecified atom stereocenters. The Hall–Kier alpha value is -4.46. The minimum Gasteiger partial charge on any atom is -0.350 e. The van der Waals surface area contributed by atoms with Gasteiger partial charge in [-0.25, -0.2) is 9.97 Å². The molecule has 0 fully saturated rings. The Morgan fingerprint density at radius 1 is 1.00 bits per heavy atom. The number of benzene rings is 2. The Morgan fingerprint density at radius 2 is 1.77 bits per heavy atom. The fourth-order valence-corrected chi connectivity index (χ4v) is 4.22. The van der Waals surface area contributed by atoms with E-state index in [0.29, 0.717) is 30.4 Å². The molecule has 5 aromatic rings. The van der Waals surface area contributed by atoms with Crippen LogP contribution in [0.15, 0.2) is 67.1 Å². The topological polar surface area (TPSA) is 103 Å². The Kier molecular flexibility index (Phi) is 6.01. The molecule has 3 N–H and O–H groups in total. The van der Waals surface area contributed by atoms with Gasteiger partial charge in [0.05, 0.1) is 6.20 Å². The Balaban J connectivity index is 1.40. The molecule has 0 aliphatic rings. The van der Waals surface area contributed by atoms with Crippen LogP contribution in [-0.2, 0) is 0 Å². The van der Waals surface area contributed by atoms with Crippen molar-refractivity contribution in [1.82, 2.24) is 30.0 Å². The van der Waals surface area contributed by atoms with Crippen molar-refractivity contribution in [3.05, 3.63) is 78.4 Å². The number of fused-ring (bicyclic) bond motifs is 1. The number of amides is 1. The van der Waals surface area contributed by atoms with Crippen LogP contribution in [0, 0.1) is 6.92 Å².